The lowest BCUT2D eigenvalue weighted by Crippen LogP contribution is -2.40. The monoisotopic (exact) mass is 525 g/mol. The van der Waals surface area contributed by atoms with E-state index in [9.17, 15) is 9.59 Å². The second kappa shape index (κ2) is 10.6. The number of hydrogen-bond donors (Lipinski definition) is 0. The molecule has 1 unspecified atom stereocenters. The molecule has 0 amide bonds. The average Bonchev–Trinajstić information content (AvgIpc) is 3.23. The number of carbonyl (C=O) groups excluding carboxylic acids is 1. The summed E-state index contributed by atoms with van der Waals surface area (Å²) >= 11 is 1.30. The summed E-state index contributed by atoms with van der Waals surface area (Å²) in [6.45, 7) is 5.75. The Morgan fingerprint density at radius 3 is 2.47 bits per heavy atom. The molecule has 38 heavy (non-hydrogen) atoms. The number of thiazole rings is 1. The topological polar surface area (TPSA) is 82.8 Å². The SMILES string of the molecule is CCOC(=O)C1=C(C)N=c2s/c(=C\c3ccc(C)cc3)c(=O)n2C1c1cccc(-c2ccc(OC)cc2)n1. The van der Waals surface area contributed by atoms with Crippen LogP contribution in [0.1, 0.15) is 36.7 Å². The quantitative estimate of drug-likeness (QED) is 0.353. The van der Waals surface area contributed by atoms with Crippen LogP contribution in [-0.2, 0) is 9.53 Å². The number of ether oxygens (including phenoxy) is 2. The fourth-order valence-electron chi connectivity index (χ4n) is 4.41. The number of pyridine rings is 1. The molecule has 3 heterocycles. The Labute approximate surface area is 224 Å². The Kier molecular flexibility index (Phi) is 7.07. The van der Waals surface area contributed by atoms with E-state index in [4.69, 9.17) is 14.5 Å². The molecular formula is C30H27N3O4S. The predicted octanol–water partition coefficient (Wildman–Crippen LogP) is 4.18. The smallest absolute Gasteiger partial charge is 0.338 e. The number of hydrogen-bond acceptors (Lipinski definition) is 7. The fraction of sp³-hybridized carbons (Fsp3) is 0.200. The highest BCUT2D eigenvalue weighted by Gasteiger charge is 2.34. The summed E-state index contributed by atoms with van der Waals surface area (Å²) in [5.41, 5.74) is 4.79. The standard InChI is InChI=1S/C30H27N3O4S/c1-5-37-29(35)26-19(3)31-30-33(28(34)25(38-30)17-20-11-9-18(2)10-12-20)27(26)24-8-6-7-23(32-24)21-13-15-22(36-4)16-14-21/h6-17,27H,5H2,1-4H3/b25-17-. The van der Waals surface area contributed by atoms with Gasteiger partial charge in [0.15, 0.2) is 4.80 Å². The molecule has 0 spiro atoms. The lowest BCUT2D eigenvalue weighted by molar-refractivity contribution is -0.139. The van der Waals surface area contributed by atoms with Gasteiger partial charge in [-0.1, -0.05) is 47.2 Å². The van der Waals surface area contributed by atoms with E-state index in [0.29, 0.717) is 32.0 Å². The highest BCUT2D eigenvalue weighted by atomic mass is 32.1. The van der Waals surface area contributed by atoms with E-state index in [2.05, 4.69) is 4.99 Å². The Bertz CT molecular complexity index is 1720. The number of rotatable bonds is 6. The van der Waals surface area contributed by atoms with E-state index in [1.165, 1.54) is 11.3 Å². The number of allylic oxidation sites excluding steroid dienone is 1. The van der Waals surface area contributed by atoms with E-state index in [1.54, 1.807) is 25.5 Å². The van der Waals surface area contributed by atoms with Gasteiger partial charge in [0.25, 0.3) is 5.56 Å². The van der Waals surface area contributed by atoms with Gasteiger partial charge in [0.1, 0.15) is 11.8 Å². The lowest BCUT2D eigenvalue weighted by atomic mass is 9.99. The van der Waals surface area contributed by atoms with Crippen molar-refractivity contribution in [1.29, 1.82) is 0 Å². The van der Waals surface area contributed by atoms with Gasteiger partial charge in [-0.2, -0.15) is 0 Å². The Morgan fingerprint density at radius 2 is 1.79 bits per heavy atom. The van der Waals surface area contributed by atoms with Crippen LogP contribution in [0, 0.1) is 6.92 Å². The number of nitrogens with zero attached hydrogens (tertiary/aromatic N) is 3. The highest BCUT2D eigenvalue weighted by molar-refractivity contribution is 7.07. The Balaban J connectivity index is 1.69. The van der Waals surface area contributed by atoms with Gasteiger partial charge in [0.05, 0.1) is 40.9 Å². The number of carbonyl (C=O) groups is 1. The summed E-state index contributed by atoms with van der Waals surface area (Å²) in [4.78, 5) is 37.0. The molecule has 5 rings (SSSR count). The van der Waals surface area contributed by atoms with Crippen molar-refractivity contribution < 1.29 is 14.3 Å². The summed E-state index contributed by atoms with van der Waals surface area (Å²) < 4.78 is 12.8. The van der Waals surface area contributed by atoms with Gasteiger partial charge in [-0.25, -0.2) is 9.79 Å². The minimum Gasteiger partial charge on any atom is -0.497 e. The predicted molar refractivity (Wildman–Crippen MR) is 148 cm³/mol. The third-order valence-electron chi connectivity index (χ3n) is 6.33. The fourth-order valence-corrected chi connectivity index (χ4v) is 5.46. The average molecular weight is 526 g/mol. The van der Waals surface area contributed by atoms with Crippen molar-refractivity contribution in [1.82, 2.24) is 9.55 Å². The molecule has 0 N–H and O–H groups in total. The number of benzene rings is 2. The van der Waals surface area contributed by atoms with Crippen molar-refractivity contribution in [3.05, 3.63) is 115 Å². The van der Waals surface area contributed by atoms with Crippen LogP contribution in [0.15, 0.2) is 87.8 Å². The maximum absolute atomic E-state index is 13.8. The van der Waals surface area contributed by atoms with E-state index < -0.39 is 12.0 Å². The van der Waals surface area contributed by atoms with Crippen molar-refractivity contribution in [2.24, 2.45) is 4.99 Å². The molecular weight excluding hydrogens is 498 g/mol. The van der Waals surface area contributed by atoms with Gasteiger partial charge < -0.3 is 9.47 Å². The summed E-state index contributed by atoms with van der Waals surface area (Å²) in [5, 5.41) is 0. The Morgan fingerprint density at radius 1 is 1.05 bits per heavy atom. The van der Waals surface area contributed by atoms with Gasteiger partial charge >= 0.3 is 5.97 Å². The second-order valence-electron chi connectivity index (χ2n) is 8.89. The minimum atomic E-state index is -0.774. The zero-order valence-electron chi connectivity index (χ0n) is 21.6. The van der Waals surface area contributed by atoms with E-state index >= 15 is 0 Å². The van der Waals surface area contributed by atoms with Gasteiger partial charge in [-0.15, -0.1) is 0 Å². The molecule has 7 nitrogen and oxygen atoms in total. The summed E-state index contributed by atoms with van der Waals surface area (Å²) in [6.07, 6.45) is 1.85. The largest absolute Gasteiger partial charge is 0.497 e. The van der Waals surface area contributed by atoms with Crippen molar-refractivity contribution in [2.75, 3.05) is 13.7 Å². The normalized spacial score (nSPS) is 15.2. The van der Waals surface area contributed by atoms with Crippen LogP contribution in [0.2, 0.25) is 0 Å². The Hall–Kier alpha value is -4.30. The molecule has 1 aliphatic rings. The van der Waals surface area contributed by atoms with Crippen molar-refractivity contribution in [3.63, 3.8) is 0 Å². The molecule has 1 aliphatic heterocycles. The molecule has 0 saturated carbocycles. The number of esters is 1. The van der Waals surface area contributed by atoms with Crippen molar-refractivity contribution in [2.45, 2.75) is 26.8 Å². The molecule has 2 aromatic heterocycles. The zero-order chi connectivity index (χ0) is 26.8. The number of aromatic nitrogens is 2. The third kappa shape index (κ3) is 4.82. The minimum absolute atomic E-state index is 0.208. The van der Waals surface area contributed by atoms with E-state index in [-0.39, 0.29) is 12.2 Å². The van der Waals surface area contributed by atoms with Gasteiger partial charge in [0, 0.05) is 5.56 Å². The molecule has 0 aliphatic carbocycles. The molecule has 0 saturated heterocycles. The first-order valence-electron chi connectivity index (χ1n) is 12.3. The van der Waals surface area contributed by atoms with Crippen LogP contribution < -0.4 is 19.6 Å². The van der Waals surface area contributed by atoms with Crippen LogP contribution in [0.3, 0.4) is 0 Å². The lowest BCUT2D eigenvalue weighted by Gasteiger charge is -2.24. The van der Waals surface area contributed by atoms with Gasteiger partial charge in [-0.05, 0) is 68.8 Å². The maximum Gasteiger partial charge on any atom is 0.338 e. The summed E-state index contributed by atoms with van der Waals surface area (Å²) in [6, 6.07) is 20.4. The number of methoxy groups -OCH3 is 1. The summed E-state index contributed by atoms with van der Waals surface area (Å²) in [7, 11) is 1.62. The van der Waals surface area contributed by atoms with E-state index in [1.807, 2.05) is 79.7 Å². The molecule has 0 radical (unpaired) electrons. The van der Waals surface area contributed by atoms with Gasteiger partial charge in [0.2, 0.25) is 0 Å². The molecule has 8 heteroatoms. The highest BCUT2D eigenvalue weighted by Crippen LogP contribution is 2.31. The van der Waals surface area contributed by atoms with Crippen LogP contribution in [-0.4, -0.2) is 29.2 Å². The first-order chi connectivity index (χ1) is 18.4. The van der Waals surface area contributed by atoms with Crippen LogP contribution in [0.4, 0.5) is 0 Å². The van der Waals surface area contributed by atoms with Crippen molar-refractivity contribution in [3.8, 4) is 17.0 Å². The molecule has 192 valence electrons. The third-order valence-corrected chi connectivity index (χ3v) is 7.31. The number of aryl methyl sites for hydroxylation is 1. The van der Waals surface area contributed by atoms with Crippen LogP contribution in [0.25, 0.3) is 17.3 Å². The van der Waals surface area contributed by atoms with E-state index in [0.717, 1.165) is 22.4 Å². The molecule has 4 aromatic rings. The first kappa shape index (κ1) is 25.4. The van der Waals surface area contributed by atoms with Crippen LogP contribution >= 0.6 is 11.3 Å². The molecule has 2 aromatic carbocycles. The zero-order valence-corrected chi connectivity index (χ0v) is 22.4. The molecule has 0 bridgehead atoms. The molecule has 0 fully saturated rings. The van der Waals surface area contributed by atoms with Gasteiger partial charge in [-0.3, -0.25) is 14.3 Å². The number of fused-ring (bicyclic) bond motifs is 1. The van der Waals surface area contributed by atoms with Crippen LogP contribution in [0.5, 0.6) is 5.75 Å². The van der Waals surface area contributed by atoms with Crippen molar-refractivity contribution >= 4 is 23.4 Å². The second-order valence-corrected chi connectivity index (χ2v) is 9.90. The maximum atomic E-state index is 13.8. The summed E-state index contributed by atoms with van der Waals surface area (Å²) in [5.74, 6) is 0.233. The molecule has 1 atom stereocenters. The first-order valence-corrected chi connectivity index (χ1v) is 13.1.